The summed E-state index contributed by atoms with van der Waals surface area (Å²) in [5.74, 6) is -4.89. The van der Waals surface area contributed by atoms with Gasteiger partial charge < -0.3 is 10.4 Å². The molecule has 0 spiro atoms. The number of hydrogen-bond acceptors (Lipinski definition) is 3. The van der Waals surface area contributed by atoms with E-state index in [-0.39, 0.29) is 18.6 Å². The van der Waals surface area contributed by atoms with Crippen molar-refractivity contribution in [2.24, 2.45) is 5.92 Å². The van der Waals surface area contributed by atoms with E-state index < -0.39 is 34.9 Å². The smallest absolute Gasteiger partial charge is 0.317 e. The van der Waals surface area contributed by atoms with Crippen LogP contribution in [0.1, 0.15) is 36.0 Å². The number of amides is 1. The minimum Gasteiger partial charge on any atom is -0.480 e. The number of rotatable bonds is 7. The molecule has 1 amide bonds. The third-order valence-corrected chi connectivity index (χ3v) is 4.75. The molecule has 136 valence electrons. The molecule has 0 aromatic heterocycles. The van der Waals surface area contributed by atoms with Crippen molar-refractivity contribution in [2.45, 2.75) is 37.8 Å². The fourth-order valence-electron chi connectivity index (χ4n) is 3.11. The highest BCUT2D eigenvalue weighted by molar-refractivity contribution is 5.94. The molecule has 2 saturated carbocycles. The Hall–Kier alpha value is -2.09. The summed E-state index contributed by atoms with van der Waals surface area (Å²) in [6.07, 6.45) is 3.32. The zero-order valence-electron chi connectivity index (χ0n) is 13.5. The van der Waals surface area contributed by atoms with E-state index in [0.717, 1.165) is 19.4 Å². The lowest BCUT2D eigenvalue weighted by atomic mass is 9.85. The van der Waals surface area contributed by atoms with Crippen LogP contribution < -0.4 is 5.32 Å². The first-order valence-electron chi connectivity index (χ1n) is 8.24. The standard InChI is InChI=1S/C17H19F3N2O3/c18-13-6-15(20)14(19)5-12(13)17(25)21-10-3-11(4-10)22(8-16(23)24)7-9-1-2-9/h5-6,9-11H,1-4,7-8H2,(H,21,25)(H,23,24). The number of carbonyl (C=O) groups is 2. The van der Waals surface area contributed by atoms with E-state index in [1.165, 1.54) is 0 Å². The second kappa shape index (κ2) is 7.03. The minimum atomic E-state index is -1.35. The Labute approximate surface area is 142 Å². The van der Waals surface area contributed by atoms with Gasteiger partial charge in [-0.15, -0.1) is 0 Å². The molecule has 0 heterocycles. The predicted molar refractivity (Wildman–Crippen MR) is 82.5 cm³/mol. The maximum atomic E-state index is 13.6. The molecule has 2 aliphatic carbocycles. The van der Waals surface area contributed by atoms with Crippen molar-refractivity contribution in [2.75, 3.05) is 13.1 Å². The van der Waals surface area contributed by atoms with Crippen molar-refractivity contribution in [1.29, 1.82) is 0 Å². The number of carbonyl (C=O) groups excluding carboxylic acids is 1. The third-order valence-electron chi connectivity index (χ3n) is 4.75. The molecule has 0 radical (unpaired) electrons. The number of carboxylic acids is 1. The Morgan fingerprint density at radius 2 is 1.76 bits per heavy atom. The van der Waals surface area contributed by atoms with Crippen LogP contribution in [-0.4, -0.2) is 47.1 Å². The molecule has 2 fully saturated rings. The van der Waals surface area contributed by atoms with Gasteiger partial charge in [0.15, 0.2) is 11.6 Å². The highest BCUT2D eigenvalue weighted by atomic mass is 19.2. The summed E-state index contributed by atoms with van der Waals surface area (Å²) in [5, 5.41) is 11.6. The zero-order chi connectivity index (χ0) is 18.1. The molecule has 1 aromatic carbocycles. The van der Waals surface area contributed by atoms with Crippen molar-refractivity contribution in [3.8, 4) is 0 Å². The van der Waals surface area contributed by atoms with Gasteiger partial charge in [0, 0.05) is 24.7 Å². The molecule has 0 aliphatic heterocycles. The molecule has 1 aromatic rings. The van der Waals surface area contributed by atoms with Crippen molar-refractivity contribution in [1.82, 2.24) is 10.2 Å². The lowest BCUT2D eigenvalue weighted by Crippen LogP contribution is -2.55. The molecule has 8 heteroatoms. The topological polar surface area (TPSA) is 69.6 Å². The first kappa shape index (κ1) is 17.7. The van der Waals surface area contributed by atoms with E-state index in [4.69, 9.17) is 5.11 Å². The highest BCUT2D eigenvalue weighted by Crippen LogP contribution is 2.33. The number of nitrogens with zero attached hydrogens (tertiary/aromatic N) is 1. The highest BCUT2D eigenvalue weighted by Gasteiger charge is 2.38. The van der Waals surface area contributed by atoms with E-state index in [0.29, 0.717) is 30.9 Å². The van der Waals surface area contributed by atoms with Crippen LogP contribution in [0.4, 0.5) is 13.2 Å². The molecule has 5 nitrogen and oxygen atoms in total. The van der Waals surface area contributed by atoms with Crippen LogP contribution in [0.5, 0.6) is 0 Å². The predicted octanol–water partition coefficient (Wildman–Crippen LogP) is 2.16. The van der Waals surface area contributed by atoms with Gasteiger partial charge in [-0.1, -0.05) is 0 Å². The van der Waals surface area contributed by atoms with E-state index in [1.54, 1.807) is 0 Å². The van der Waals surface area contributed by atoms with Gasteiger partial charge in [-0.2, -0.15) is 0 Å². The van der Waals surface area contributed by atoms with Crippen LogP contribution in [0.15, 0.2) is 12.1 Å². The summed E-state index contributed by atoms with van der Waals surface area (Å²) >= 11 is 0. The Morgan fingerprint density at radius 3 is 2.36 bits per heavy atom. The molecule has 0 atom stereocenters. The summed E-state index contributed by atoms with van der Waals surface area (Å²) in [6, 6.07) is 0.704. The molecule has 0 unspecified atom stereocenters. The number of aliphatic carboxylic acids is 1. The molecule has 2 aliphatic rings. The number of halogens is 3. The summed E-state index contributed by atoms with van der Waals surface area (Å²) in [4.78, 5) is 24.9. The van der Waals surface area contributed by atoms with Crippen molar-refractivity contribution in [3.05, 3.63) is 35.1 Å². The van der Waals surface area contributed by atoms with Crippen LogP contribution in [-0.2, 0) is 4.79 Å². The number of nitrogens with one attached hydrogen (secondary N) is 1. The molecule has 0 saturated heterocycles. The molecular formula is C17H19F3N2O3. The second-order valence-corrected chi connectivity index (χ2v) is 6.81. The van der Waals surface area contributed by atoms with Crippen LogP contribution in [0.3, 0.4) is 0 Å². The number of carboxylic acid groups (broad SMARTS) is 1. The maximum Gasteiger partial charge on any atom is 0.317 e. The van der Waals surface area contributed by atoms with E-state index >= 15 is 0 Å². The van der Waals surface area contributed by atoms with Crippen molar-refractivity contribution in [3.63, 3.8) is 0 Å². The first-order chi connectivity index (χ1) is 11.8. The van der Waals surface area contributed by atoms with Crippen LogP contribution in [0, 0.1) is 23.4 Å². The first-order valence-corrected chi connectivity index (χ1v) is 8.24. The second-order valence-electron chi connectivity index (χ2n) is 6.81. The van der Waals surface area contributed by atoms with E-state index in [1.807, 2.05) is 4.90 Å². The molecule has 0 bridgehead atoms. The average molecular weight is 356 g/mol. The largest absolute Gasteiger partial charge is 0.480 e. The SMILES string of the molecule is O=C(O)CN(CC1CC1)C1CC(NC(=O)c2cc(F)c(F)cc2F)C1. The monoisotopic (exact) mass is 356 g/mol. The number of hydrogen-bond donors (Lipinski definition) is 2. The summed E-state index contributed by atoms with van der Waals surface area (Å²) in [7, 11) is 0. The normalized spacial score (nSPS) is 22.6. The fourth-order valence-corrected chi connectivity index (χ4v) is 3.11. The lowest BCUT2D eigenvalue weighted by Gasteiger charge is -2.42. The third kappa shape index (κ3) is 4.31. The maximum absolute atomic E-state index is 13.6. The van der Waals surface area contributed by atoms with Crippen molar-refractivity contribution >= 4 is 11.9 Å². The average Bonchev–Trinajstić information content (AvgIpc) is 3.29. The Balaban J connectivity index is 1.54. The van der Waals surface area contributed by atoms with Gasteiger partial charge in [0.2, 0.25) is 0 Å². The van der Waals surface area contributed by atoms with E-state index in [2.05, 4.69) is 5.32 Å². The van der Waals surface area contributed by atoms with Gasteiger partial charge in [0.1, 0.15) is 5.82 Å². The van der Waals surface area contributed by atoms with Crippen molar-refractivity contribution < 1.29 is 27.9 Å². The molecule has 25 heavy (non-hydrogen) atoms. The quantitative estimate of drug-likeness (QED) is 0.735. The van der Waals surface area contributed by atoms with Crippen LogP contribution in [0.25, 0.3) is 0 Å². The number of benzene rings is 1. The van der Waals surface area contributed by atoms with Gasteiger partial charge in [0.05, 0.1) is 12.1 Å². The molecule has 3 rings (SSSR count). The van der Waals surface area contributed by atoms with Crippen LogP contribution >= 0.6 is 0 Å². The lowest BCUT2D eigenvalue weighted by molar-refractivity contribution is -0.139. The minimum absolute atomic E-state index is 0.0420. The molecule has 2 N–H and O–H groups in total. The summed E-state index contributed by atoms with van der Waals surface area (Å²) in [5.41, 5.74) is -0.539. The van der Waals surface area contributed by atoms with Gasteiger partial charge in [-0.25, -0.2) is 13.2 Å². The molecular weight excluding hydrogens is 337 g/mol. The van der Waals surface area contributed by atoms with Crippen LogP contribution in [0.2, 0.25) is 0 Å². The Kier molecular flexibility index (Phi) is 4.99. The van der Waals surface area contributed by atoms with Gasteiger partial charge in [-0.05, 0) is 37.7 Å². The Morgan fingerprint density at radius 1 is 1.12 bits per heavy atom. The Bertz CT molecular complexity index is 688. The van der Waals surface area contributed by atoms with Gasteiger partial charge in [0.25, 0.3) is 5.91 Å². The van der Waals surface area contributed by atoms with Gasteiger partial charge in [-0.3, -0.25) is 14.5 Å². The van der Waals surface area contributed by atoms with Gasteiger partial charge >= 0.3 is 5.97 Å². The zero-order valence-corrected chi connectivity index (χ0v) is 13.5. The van der Waals surface area contributed by atoms with E-state index in [9.17, 15) is 22.8 Å². The fraction of sp³-hybridized carbons (Fsp3) is 0.529. The summed E-state index contributed by atoms with van der Waals surface area (Å²) in [6.45, 7) is 0.690. The summed E-state index contributed by atoms with van der Waals surface area (Å²) < 4.78 is 39.7.